The second-order valence-corrected chi connectivity index (χ2v) is 5.89. The third kappa shape index (κ3) is 3.40. The topological polar surface area (TPSA) is 100 Å². The van der Waals surface area contributed by atoms with Gasteiger partial charge in [0.15, 0.2) is 0 Å². The zero-order valence-electron chi connectivity index (χ0n) is 13.9. The van der Waals surface area contributed by atoms with Gasteiger partial charge >= 0.3 is 0 Å². The monoisotopic (exact) mass is 331 g/mol. The van der Waals surface area contributed by atoms with Gasteiger partial charge in [-0.1, -0.05) is 26.0 Å². The summed E-state index contributed by atoms with van der Waals surface area (Å²) in [6.45, 7) is 5.86. The lowest BCUT2D eigenvalue weighted by molar-refractivity contribution is -0.122. The van der Waals surface area contributed by atoms with Crippen LogP contribution in [0.3, 0.4) is 0 Å². The average Bonchev–Trinajstić information content (AvgIpc) is 2.53. The Labute approximate surface area is 139 Å². The van der Waals surface area contributed by atoms with Crippen LogP contribution in [0, 0.1) is 5.92 Å². The molecule has 0 bridgehead atoms. The molecule has 0 radical (unpaired) electrons. The van der Waals surface area contributed by atoms with Crippen LogP contribution < -0.4 is 16.4 Å². The smallest absolute Gasteiger partial charge is 0.279 e. The standard InChI is InChI=1S/C17H21N3O4/c1-4-20-12-8-6-5-7-11(12)15(22)14(17(20)24)16(23)19-18-13(21)9-10(2)3/h5-8,10,22H,4,9H2,1-3H3,(H,18,21)(H,19,23). The number of nitrogens with zero attached hydrogens (tertiary/aromatic N) is 1. The lowest BCUT2D eigenvalue weighted by Gasteiger charge is -2.14. The van der Waals surface area contributed by atoms with Gasteiger partial charge < -0.3 is 9.67 Å². The van der Waals surface area contributed by atoms with E-state index >= 15 is 0 Å². The number of hydrogen-bond acceptors (Lipinski definition) is 4. The minimum absolute atomic E-state index is 0.133. The van der Waals surface area contributed by atoms with Crippen molar-refractivity contribution in [3.05, 3.63) is 40.2 Å². The first-order valence-corrected chi connectivity index (χ1v) is 7.80. The van der Waals surface area contributed by atoms with Gasteiger partial charge in [-0.2, -0.15) is 0 Å². The molecule has 2 amide bonds. The van der Waals surface area contributed by atoms with Crippen LogP contribution >= 0.6 is 0 Å². The van der Waals surface area contributed by atoms with Gasteiger partial charge in [0, 0.05) is 18.4 Å². The minimum atomic E-state index is -0.845. The van der Waals surface area contributed by atoms with E-state index in [2.05, 4.69) is 10.9 Å². The van der Waals surface area contributed by atoms with Gasteiger partial charge in [0.2, 0.25) is 5.91 Å². The molecule has 3 N–H and O–H groups in total. The van der Waals surface area contributed by atoms with E-state index in [0.29, 0.717) is 17.4 Å². The Morgan fingerprint density at radius 3 is 2.50 bits per heavy atom. The summed E-state index contributed by atoms with van der Waals surface area (Å²) in [5.74, 6) is -1.47. The molecule has 0 aliphatic carbocycles. The van der Waals surface area contributed by atoms with Gasteiger partial charge in [0.1, 0.15) is 11.3 Å². The molecule has 7 nitrogen and oxygen atoms in total. The highest BCUT2D eigenvalue weighted by Gasteiger charge is 2.22. The van der Waals surface area contributed by atoms with Gasteiger partial charge in [0.05, 0.1) is 5.52 Å². The van der Waals surface area contributed by atoms with E-state index in [1.807, 2.05) is 13.8 Å². The van der Waals surface area contributed by atoms with Gasteiger partial charge in [-0.05, 0) is 25.0 Å². The van der Waals surface area contributed by atoms with E-state index in [0.717, 1.165) is 0 Å². The molecule has 1 aromatic carbocycles. The molecule has 1 heterocycles. The number of hydrogen-bond donors (Lipinski definition) is 3. The molecule has 0 atom stereocenters. The number of nitrogens with one attached hydrogen (secondary N) is 2. The van der Waals surface area contributed by atoms with Crippen LogP contribution in [0.1, 0.15) is 37.6 Å². The minimum Gasteiger partial charge on any atom is -0.506 e. The van der Waals surface area contributed by atoms with Crippen molar-refractivity contribution in [2.75, 3.05) is 0 Å². The number of rotatable bonds is 4. The molecule has 2 aromatic rings. The first kappa shape index (κ1) is 17.5. The fraction of sp³-hybridized carbons (Fsp3) is 0.353. The van der Waals surface area contributed by atoms with Crippen LogP contribution in [-0.4, -0.2) is 21.5 Å². The Balaban J connectivity index is 2.40. The van der Waals surface area contributed by atoms with Crippen LogP contribution in [0.25, 0.3) is 10.9 Å². The SMILES string of the molecule is CCn1c(=O)c(C(=O)NNC(=O)CC(C)C)c(O)c2ccccc21. The maximum absolute atomic E-state index is 12.5. The van der Waals surface area contributed by atoms with Crippen molar-refractivity contribution in [3.63, 3.8) is 0 Å². The van der Waals surface area contributed by atoms with Crippen molar-refractivity contribution in [3.8, 4) is 5.75 Å². The summed E-state index contributed by atoms with van der Waals surface area (Å²) in [6, 6.07) is 6.79. The first-order valence-electron chi connectivity index (χ1n) is 7.80. The molecule has 2 rings (SSSR count). The third-order valence-corrected chi connectivity index (χ3v) is 3.60. The van der Waals surface area contributed by atoms with E-state index in [-0.39, 0.29) is 23.8 Å². The van der Waals surface area contributed by atoms with Crippen LogP contribution in [0.15, 0.2) is 29.1 Å². The lowest BCUT2D eigenvalue weighted by atomic mass is 10.1. The molecule has 0 saturated heterocycles. The molecule has 0 spiro atoms. The molecular weight excluding hydrogens is 310 g/mol. The highest BCUT2D eigenvalue weighted by atomic mass is 16.3. The van der Waals surface area contributed by atoms with Crippen molar-refractivity contribution in [1.29, 1.82) is 0 Å². The zero-order valence-corrected chi connectivity index (χ0v) is 13.9. The summed E-state index contributed by atoms with van der Waals surface area (Å²) in [6.07, 6.45) is 0.239. The predicted octanol–water partition coefficient (Wildman–Crippen LogP) is 1.53. The maximum Gasteiger partial charge on any atom is 0.279 e. The number of aromatic nitrogens is 1. The van der Waals surface area contributed by atoms with Crippen molar-refractivity contribution in [2.45, 2.75) is 33.7 Å². The summed E-state index contributed by atoms with van der Waals surface area (Å²) in [5.41, 5.74) is 3.99. The van der Waals surface area contributed by atoms with Gasteiger partial charge in [-0.15, -0.1) is 0 Å². The number of hydrazine groups is 1. The normalized spacial score (nSPS) is 10.8. The van der Waals surface area contributed by atoms with Crippen molar-refractivity contribution < 1.29 is 14.7 Å². The number of aromatic hydroxyl groups is 1. The molecule has 0 saturated carbocycles. The van der Waals surface area contributed by atoms with E-state index < -0.39 is 17.2 Å². The van der Waals surface area contributed by atoms with Gasteiger partial charge in [-0.25, -0.2) is 0 Å². The molecule has 0 aliphatic heterocycles. The summed E-state index contributed by atoms with van der Waals surface area (Å²) in [7, 11) is 0. The Morgan fingerprint density at radius 1 is 1.21 bits per heavy atom. The number of benzene rings is 1. The fourth-order valence-corrected chi connectivity index (χ4v) is 2.52. The van der Waals surface area contributed by atoms with E-state index in [1.165, 1.54) is 4.57 Å². The number of fused-ring (bicyclic) bond motifs is 1. The molecule has 0 aliphatic rings. The number of para-hydroxylation sites is 1. The Morgan fingerprint density at radius 2 is 1.88 bits per heavy atom. The number of pyridine rings is 1. The molecular formula is C17H21N3O4. The fourth-order valence-electron chi connectivity index (χ4n) is 2.52. The van der Waals surface area contributed by atoms with Gasteiger partial charge in [0.25, 0.3) is 11.5 Å². The van der Waals surface area contributed by atoms with Crippen LogP contribution in [-0.2, 0) is 11.3 Å². The number of carbonyl (C=O) groups excluding carboxylic acids is 2. The van der Waals surface area contributed by atoms with Crippen molar-refractivity contribution in [1.82, 2.24) is 15.4 Å². The van der Waals surface area contributed by atoms with E-state index in [9.17, 15) is 19.5 Å². The van der Waals surface area contributed by atoms with E-state index in [1.54, 1.807) is 31.2 Å². The lowest BCUT2D eigenvalue weighted by Crippen LogP contribution is -2.44. The van der Waals surface area contributed by atoms with Crippen molar-refractivity contribution in [2.24, 2.45) is 5.92 Å². The first-order chi connectivity index (χ1) is 11.4. The van der Waals surface area contributed by atoms with Crippen LogP contribution in [0.2, 0.25) is 0 Å². The number of aryl methyl sites for hydroxylation is 1. The van der Waals surface area contributed by atoms with Gasteiger partial charge in [-0.3, -0.25) is 25.2 Å². The molecule has 0 unspecified atom stereocenters. The predicted molar refractivity (Wildman–Crippen MR) is 90.6 cm³/mol. The largest absolute Gasteiger partial charge is 0.506 e. The zero-order chi connectivity index (χ0) is 17.9. The Kier molecular flexibility index (Phi) is 5.23. The van der Waals surface area contributed by atoms with Crippen LogP contribution in [0.4, 0.5) is 0 Å². The quantitative estimate of drug-likeness (QED) is 0.740. The summed E-state index contributed by atoms with van der Waals surface area (Å²) in [4.78, 5) is 36.4. The highest BCUT2D eigenvalue weighted by Crippen LogP contribution is 2.25. The summed E-state index contributed by atoms with van der Waals surface area (Å²) < 4.78 is 1.40. The molecule has 24 heavy (non-hydrogen) atoms. The average molecular weight is 331 g/mol. The second kappa shape index (κ2) is 7.16. The summed E-state index contributed by atoms with van der Waals surface area (Å²) in [5, 5.41) is 10.7. The van der Waals surface area contributed by atoms with Crippen molar-refractivity contribution >= 4 is 22.7 Å². The third-order valence-electron chi connectivity index (χ3n) is 3.60. The second-order valence-electron chi connectivity index (χ2n) is 5.89. The number of amides is 2. The Bertz CT molecular complexity index is 840. The Hall–Kier alpha value is -2.83. The highest BCUT2D eigenvalue weighted by molar-refractivity contribution is 6.02. The maximum atomic E-state index is 12.5. The molecule has 0 fully saturated rings. The molecule has 7 heteroatoms. The van der Waals surface area contributed by atoms with E-state index in [4.69, 9.17) is 0 Å². The number of carbonyl (C=O) groups is 2. The van der Waals surface area contributed by atoms with Crippen LogP contribution in [0.5, 0.6) is 5.75 Å². The molecule has 1 aromatic heterocycles. The molecule has 128 valence electrons. The summed E-state index contributed by atoms with van der Waals surface area (Å²) >= 11 is 0.